The Kier molecular flexibility index (Phi) is 4.87. The first-order valence-electron chi connectivity index (χ1n) is 5.69. The fourth-order valence-corrected chi connectivity index (χ4v) is 2.15. The molecule has 0 fully saturated rings. The smallest absolute Gasteiger partial charge is 0.255 e. The van der Waals surface area contributed by atoms with Gasteiger partial charge in [-0.05, 0) is 26.7 Å². The summed E-state index contributed by atoms with van der Waals surface area (Å²) in [5.74, 6) is 0.590. The third-order valence-corrected chi connectivity index (χ3v) is 3.66. The van der Waals surface area contributed by atoms with Gasteiger partial charge in [0.15, 0.2) is 0 Å². The lowest BCUT2D eigenvalue weighted by atomic mass is 10.1. The monoisotopic (exact) mass is 242 g/mol. The van der Waals surface area contributed by atoms with Gasteiger partial charge in [0.05, 0.1) is 6.20 Å². The maximum absolute atomic E-state index is 5.27. The van der Waals surface area contributed by atoms with E-state index in [1.165, 1.54) is 0 Å². The van der Waals surface area contributed by atoms with Crippen LogP contribution in [0.4, 0.5) is 0 Å². The van der Waals surface area contributed by atoms with Crippen molar-refractivity contribution in [3.63, 3.8) is 0 Å². The molecule has 0 radical (unpaired) electrons. The molecule has 1 unspecified atom stereocenters. The first kappa shape index (κ1) is 13.6. The number of thioether (sulfide) groups is 1. The standard InChI is InChI=1S/C12H22N2OS/c1-9(2)10(8-14-12(3,4)5)16-11-13-6-7-15-11/h6-7,9-10,14H,8H2,1-5H3. The van der Waals surface area contributed by atoms with E-state index < -0.39 is 0 Å². The molecule has 0 saturated heterocycles. The van der Waals surface area contributed by atoms with E-state index in [1.54, 1.807) is 24.2 Å². The summed E-state index contributed by atoms with van der Waals surface area (Å²) in [5.41, 5.74) is 0.157. The maximum Gasteiger partial charge on any atom is 0.255 e. The molecule has 3 nitrogen and oxygen atoms in total. The summed E-state index contributed by atoms with van der Waals surface area (Å²) in [7, 11) is 0. The SMILES string of the molecule is CC(C)C(CNC(C)(C)C)Sc1ncco1. The average Bonchev–Trinajstić information content (AvgIpc) is 2.62. The van der Waals surface area contributed by atoms with Crippen molar-refractivity contribution in [3.05, 3.63) is 12.5 Å². The molecular formula is C12H22N2OS. The molecule has 0 aliphatic carbocycles. The van der Waals surface area contributed by atoms with Crippen LogP contribution in [0.1, 0.15) is 34.6 Å². The first-order chi connectivity index (χ1) is 7.38. The predicted octanol–water partition coefficient (Wildman–Crippen LogP) is 3.18. The van der Waals surface area contributed by atoms with E-state index in [0.717, 1.165) is 11.8 Å². The van der Waals surface area contributed by atoms with Gasteiger partial charge in [-0.15, -0.1) is 0 Å². The van der Waals surface area contributed by atoms with Crippen LogP contribution in [-0.4, -0.2) is 22.3 Å². The lowest BCUT2D eigenvalue weighted by Crippen LogP contribution is -2.41. The highest BCUT2D eigenvalue weighted by Crippen LogP contribution is 2.26. The van der Waals surface area contributed by atoms with E-state index in [0.29, 0.717) is 11.2 Å². The van der Waals surface area contributed by atoms with Crippen molar-refractivity contribution >= 4 is 11.8 Å². The Morgan fingerprint density at radius 1 is 1.44 bits per heavy atom. The minimum absolute atomic E-state index is 0.157. The van der Waals surface area contributed by atoms with Gasteiger partial charge in [0.2, 0.25) is 0 Å². The number of aromatic nitrogens is 1. The Balaban J connectivity index is 2.48. The number of hydrogen-bond acceptors (Lipinski definition) is 4. The Bertz CT molecular complexity index is 290. The summed E-state index contributed by atoms with van der Waals surface area (Å²) in [6.45, 7) is 12.0. The van der Waals surface area contributed by atoms with Gasteiger partial charge in [-0.2, -0.15) is 0 Å². The molecule has 1 rings (SSSR count). The van der Waals surface area contributed by atoms with E-state index in [4.69, 9.17) is 4.42 Å². The molecule has 1 heterocycles. The normalized spacial score (nSPS) is 14.4. The molecule has 0 aliphatic heterocycles. The molecule has 1 N–H and O–H groups in total. The lowest BCUT2D eigenvalue weighted by molar-refractivity contribution is 0.404. The van der Waals surface area contributed by atoms with E-state index >= 15 is 0 Å². The summed E-state index contributed by atoms with van der Waals surface area (Å²) < 4.78 is 5.27. The largest absolute Gasteiger partial charge is 0.440 e. The molecule has 4 heteroatoms. The minimum Gasteiger partial charge on any atom is -0.440 e. The fraction of sp³-hybridized carbons (Fsp3) is 0.750. The van der Waals surface area contributed by atoms with Crippen molar-refractivity contribution in [1.82, 2.24) is 10.3 Å². The van der Waals surface area contributed by atoms with E-state index in [2.05, 4.69) is 44.9 Å². The quantitative estimate of drug-likeness (QED) is 0.805. The average molecular weight is 242 g/mol. The highest BCUT2D eigenvalue weighted by Gasteiger charge is 2.19. The van der Waals surface area contributed by atoms with Gasteiger partial charge in [0, 0.05) is 17.3 Å². The second kappa shape index (κ2) is 5.73. The molecule has 1 aromatic rings. The molecule has 0 saturated carbocycles. The molecule has 1 atom stereocenters. The van der Waals surface area contributed by atoms with Crippen molar-refractivity contribution < 1.29 is 4.42 Å². The lowest BCUT2D eigenvalue weighted by Gasteiger charge is -2.26. The highest BCUT2D eigenvalue weighted by molar-refractivity contribution is 7.99. The molecule has 0 aliphatic rings. The van der Waals surface area contributed by atoms with Crippen LogP contribution in [0.25, 0.3) is 0 Å². The van der Waals surface area contributed by atoms with Gasteiger partial charge >= 0.3 is 0 Å². The second-order valence-corrected chi connectivity index (χ2v) is 6.52. The fourth-order valence-electron chi connectivity index (χ4n) is 1.22. The zero-order valence-electron chi connectivity index (χ0n) is 10.8. The van der Waals surface area contributed by atoms with Gasteiger partial charge < -0.3 is 9.73 Å². The van der Waals surface area contributed by atoms with Crippen LogP contribution in [0, 0.1) is 5.92 Å². The first-order valence-corrected chi connectivity index (χ1v) is 6.57. The van der Waals surface area contributed by atoms with Gasteiger partial charge in [-0.25, -0.2) is 4.98 Å². The van der Waals surface area contributed by atoms with Crippen LogP contribution in [-0.2, 0) is 0 Å². The summed E-state index contributed by atoms with van der Waals surface area (Å²) in [6, 6.07) is 0. The van der Waals surface area contributed by atoms with Crippen molar-refractivity contribution in [1.29, 1.82) is 0 Å². The summed E-state index contributed by atoms with van der Waals surface area (Å²) in [6.07, 6.45) is 3.31. The third-order valence-electron chi connectivity index (χ3n) is 2.24. The Morgan fingerprint density at radius 3 is 2.56 bits per heavy atom. The third kappa shape index (κ3) is 5.03. The van der Waals surface area contributed by atoms with Crippen LogP contribution < -0.4 is 5.32 Å². The topological polar surface area (TPSA) is 38.1 Å². The van der Waals surface area contributed by atoms with Gasteiger partial charge in [-0.3, -0.25) is 0 Å². The van der Waals surface area contributed by atoms with E-state index in [-0.39, 0.29) is 5.54 Å². The van der Waals surface area contributed by atoms with Crippen molar-refractivity contribution in [2.24, 2.45) is 5.92 Å². The van der Waals surface area contributed by atoms with Crippen LogP contribution in [0.3, 0.4) is 0 Å². The van der Waals surface area contributed by atoms with Crippen molar-refractivity contribution in [2.45, 2.75) is 50.6 Å². The Labute approximate surface area is 102 Å². The number of oxazole rings is 1. The summed E-state index contributed by atoms with van der Waals surface area (Å²) in [4.78, 5) is 4.15. The second-order valence-electron chi connectivity index (χ2n) is 5.33. The van der Waals surface area contributed by atoms with Crippen LogP contribution in [0.15, 0.2) is 22.1 Å². The molecule has 0 spiro atoms. The van der Waals surface area contributed by atoms with Crippen molar-refractivity contribution in [3.8, 4) is 0 Å². The molecule has 0 amide bonds. The number of rotatable bonds is 5. The summed E-state index contributed by atoms with van der Waals surface area (Å²) in [5, 5.41) is 4.77. The predicted molar refractivity (Wildman–Crippen MR) is 68.7 cm³/mol. The van der Waals surface area contributed by atoms with Gasteiger partial charge in [0.1, 0.15) is 6.26 Å². The molecule has 16 heavy (non-hydrogen) atoms. The highest BCUT2D eigenvalue weighted by atomic mass is 32.2. The van der Waals surface area contributed by atoms with Crippen LogP contribution in [0.5, 0.6) is 0 Å². The number of nitrogens with one attached hydrogen (secondary N) is 1. The maximum atomic E-state index is 5.27. The zero-order chi connectivity index (χ0) is 12.2. The van der Waals surface area contributed by atoms with Gasteiger partial charge in [0.25, 0.3) is 5.22 Å². The zero-order valence-corrected chi connectivity index (χ0v) is 11.6. The summed E-state index contributed by atoms with van der Waals surface area (Å²) >= 11 is 1.70. The van der Waals surface area contributed by atoms with E-state index in [1.807, 2.05) is 0 Å². The van der Waals surface area contributed by atoms with E-state index in [9.17, 15) is 0 Å². The molecule has 0 aromatic carbocycles. The van der Waals surface area contributed by atoms with Crippen LogP contribution >= 0.6 is 11.8 Å². The Hall–Kier alpha value is -0.480. The van der Waals surface area contributed by atoms with Crippen LogP contribution in [0.2, 0.25) is 0 Å². The minimum atomic E-state index is 0.157. The number of nitrogens with zero attached hydrogens (tertiary/aromatic N) is 1. The number of hydrogen-bond donors (Lipinski definition) is 1. The molecular weight excluding hydrogens is 220 g/mol. The molecule has 1 aromatic heterocycles. The Morgan fingerprint density at radius 2 is 2.12 bits per heavy atom. The molecule has 0 bridgehead atoms. The van der Waals surface area contributed by atoms with Gasteiger partial charge in [-0.1, -0.05) is 25.6 Å². The molecule has 92 valence electrons. The van der Waals surface area contributed by atoms with Crippen molar-refractivity contribution in [2.75, 3.05) is 6.54 Å².